The van der Waals surface area contributed by atoms with Crippen LogP contribution in [-0.2, 0) is 4.79 Å². The lowest BCUT2D eigenvalue weighted by Gasteiger charge is -2.36. The molecule has 1 unspecified atom stereocenters. The summed E-state index contributed by atoms with van der Waals surface area (Å²) in [5, 5.41) is 0. The molecule has 0 aliphatic carbocycles. The normalized spacial score (nSPS) is 15.4. The summed E-state index contributed by atoms with van der Waals surface area (Å²) in [5.41, 5.74) is 5.97. The van der Waals surface area contributed by atoms with E-state index in [0.29, 0.717) is 55.5 Å². The lowest BCUT2D eigenvalue weighted by Crippen LogP contribution is -2.52. The molecule has 1 aromatic rings. The first kappa shape index (κ1) is 19.8. The summed E-state index contributed by atoms with van der Waals surface area (Å²) in [6, 6.07) is 3.34. The molecule has 1 aliphatic rings. The maximum absolute atomic E-state index is 12.9. The number of amides is 2. The van der Waals surface area contributed by atoms with Crippen molar-refractivity contribution in [2.75, 3.05) is 54.1 Å². The first-order chi connectivity index (χ1) is 12.5. The summed E-state index contributed by atoms with van der Waals surface area (Å²) >= 11 is 0. The van der Waals surface area contributed by atoms with E-state index in [4.69, 9.17) is 19.9 Å². The summed E-state index contributed by atoms with van der Waals surface area (Å²) in [7, 11) is 4.51. The van der Waals surface area contributed by atoms with Crippen LogP contribution in [0.5, 0.6) is 17.2 Å². The molecule has 0 aromatic heterocycles. The Labute approximate surface area is 153 Å². The number of rotatable bonds is 6. The standard InChI is InChI=1S/C18H27N3O5/c1-12(11-19)17(22)20-7-9-21(10-8-20)18(23)13-5-6-14(24-2)16(26-4)15(13)25-3/h5-6,12H,7-11,19H2,1-4H3. The lowest BCUT2D eigenvalue weighted by atomic mass is 10.1. The van der Waals surface area contributed by atoms with Gasteiger partial charge in [0.25, 0.3) is 5.91 Å². The van der Waals surface area contributed by atoms with Crippen molar-refractivity contribution in [1.82, 2.24) is 9.80 Å². The molecule has 0 saturated carbocycles. The van der Waals surface area contributed by atoms with Crippen LogP contribution < -0.4 is 19.9 Å². The predicted molar refractivity (Wildman–Crippen MR) is 96.8 cm³/mol. The lowest BCUT2D eigenvalue weighted by molar-refractivity contribution is -0.136. The second kappa shape index (κ2) is 8.75. The molecule has 1 aromatic carbocycles. The van der Waals surface area contributed by atoms with Gasteiger partial charge in [0.2, 0.25) is 11.7 Å². The Kier molecular flexibility index (Phi) is 6.68. The van der Waals surface area contributed by atoms with E-state index in [1.165, 1.54) is 21.3 Å². The molecule has 8 nitrogen and oxygen atoms in total. The van der Waals surface area contributed by atoms with Gasteiger partial charge < -0.3 is 29.7 Å². The van der Waals surface area contributed by atoms with E-state index in [0.717, 1.165) is 0 Å². The van der Waals surface area contributed by atoms with Gasteiger partial charge in [-0.25, -0.2) is 0 Å². The summed E-state index contributed by atoms with van der Waals surface area (Å²) in [5.74, 6) is 0.874. The fraction of sp³-hybridized carbons (Fsp3) is 0.556. The summed E-state index contributed by atoms with van der Waals surface area (Å²) < 4.78 is 16.0. The first-order valence-corrected chi connectivity index (χ1v) is 8.55. The molecule has 0 radical (unpaired) electrons. The summed E-state index contributed by atoms with van der Waals surface area (Å²) in [6.07, 6.45) is 0. The molecule has 8 heteroatoms. The van der Waals surface area contributed by atoms with E-state index in [1.54, 1.807) is 21.9 Å². The largest absolute Gasteiger partial charge is 0.493 e. The van der Waals surface area contributed by atoms with Gasteiger partial charge in [0.15, 0.2) is 11.5 Å². The number of hydrogen-bond donors (Lipinski definition) is 1. The topological polar surface area (TPSA) is 94.3 Å². The van der Waals surface area contributed by atoms with Crippen molar-refractivity contribution in [3.8, 4) is 17.2 Å². The van der Waals surface area contributed by atoms with Gasteiger partial charge in [-0.1, -0.05) is 6.92 Å². The minimum absolute atomic E-state index is 0.0308. The maximum Gasteiger partial charge on any atom is 0.257 e. The quantitative estimate of drug-likeness (QED) is 0.793. The molecule has 1 heterocycles. The Morgan fingerprint density at radius 2 is 1.58 bits per heavy atom. The zero-order chi connectivity index (χ0) is 19.3. The molecule has 1 saturated heterocycles. The van der Waals surface area contributed by atoms with Crippen molar-refractivity contribution in [3.63, 3.8) is 0 Å². The van der Waals surface area contributed by atoms with E-state index in [2.05, 4.69) is 0 Å². The van der Waals surface area contributed by atoms with Crippen molar-refractivity contribution in [2.24, 2.45) is 11.7 Å². The van der Waals surface area contributed by atoms with Crippen molar-refractivity contribution >= 4 is 11.8 Å². The second-order valence-electron chi connectivity index (χ2n) is 6.14. The van der Waals surface area contributed by atoms with Crippen LogP contribution in [0.4, 0.5) is 0 Å². The fourth-order valence-corrected chi connectivity index (χ4v) is 2.98. The number of carbonyl (C=O) groups is 2. The maximum atomic E-state index is 12.9. The first-order valence-electron chi connectivity index (χ1n) is 8.55. The molecular weight excluding hydrogens is 338 g/mol. The third-order valence-electron chi connectivity index (χ3n) is 4.59. The van der Waals surface area contributed by atoms with Gasteiger partial charge in [-0.3, -0.25) is 9.59 Å². The minimum Gasteiger partial charge on any atom is -0.493 e. The highest BCUT2D eigenvalue weighted by Crippen LogP contribution is 2.40. The highest BCUT2D eigenvalue weighted by atomic mass is 16.5. The molecule has 0 spiro atoms. The number of nitrogens with zero attached hydrogens (tertiary/aromatic N) is 2. The SMILES string of the molecule is COc1ccc(C(=O)N2CCN(C(=O)C(C)CN)CC2)c(OC)c1OC. The Bertz CT molecular complexity index is 656. The number of carbonyl (C=O) groups excluding carboxylic acids is 2. The number of ether oxygens (including phenoxy) is 3. The monoisotopic (exact) mass is 365 g/mol. The Morgan fingerprint density at radius 1 is 1.00 bits per heavy atom. The fourth-order valence-electron chi connectivity index (χ4n) is 2.98. The zero-order valence-electron chi connectivity index (χ0n) is 15.8. The van der Waals surface area contributed by atoms with Crippen molar-refractivity contribution < 1.29 is 23.8 Å². The number of piperazine rings is 1. The molecule has 2 N–H and O–H groups in total. The number of hydrogen-bond acceptors (Lipinski definition) is 6. The van der Waals surface area contributed by atoms with E-state index in [-0.39, 0.29) is 17.7 Å². The molecule has 1 aliphatic heterocycles. The molecular formula is C18H27N3O5. The Hall–Kier alpha value is -2.48. The Balaban J connectivity index is 2.15. The van der Waals surface area contributed by atoms with Gasteiger partial charge in [-0.15, -0.1) is 0 Å². The van der Waals surface area contributed by atoms with Crippen LogP contribution in [0.25, 0.3) is 0 Å². The van der Waals surface area contributed by atoms with Gasteiger partial charge in [-0.2, -0.15) is 0 Å². The van der Waals surface area contributed by atoms with Crippen molar-refractivity contribution in [1.29, 1.82) is 0 Å². The molecule has 1 fully saturated rings. The smallest absolute Gasteiger partial charge is 0.257 e. The molecule has 144 valence electrons. The number of benzene rings is 1. The van der Waals surface area contributed by atoms with Gasteiger partial charge in [0.05, 0.1) is 26.9 Å². The average Bonchev–Trinajstić information content (AvgIpc) is 2.70. The van der Waals surface area contributed by atoms with E-state index >= 15 is 0 Å². The molecule has 1 atom stereocenters. The van der Waals surface area contributed by atoms with Crippen LogP contribution in [-0.4, -0.2) is 75.7 Å². The van der Waals surface area contributed by atoms with Crippen LogP contribution in [0, 0.1) is 5.92 Å². The van der Waals surface area contributed by atoms with Crippen LogP contribution >= 0.6 is 0 Å². The van der Waals surface area contributed by atoms with Crippen molar-refractivity contribution in [2.45, 2.75) is 6.92 Å². The molecule has 0 bridgehead atoms. The summed E-state index contributed by atoms with van der Waals surface area (Å²) in [6.45, 7) is 4.03. The second-order valence-corrected chi connectivity index (χ2v) is 6.14. The summed E-state index contributed by atoms with van der Waals surface area (Å²) in [4.78, 5) is 28.6. The molecule has 2 rings (SSSR count). The van der Waals surface area contributed by atoms with E-state index in [1.807, 2.05) is 6.92 Å². The van der Waals surface area contributed by atoms with Crippen LogP contribution in [0.1, 0.15) is 17.3 Å². The third kappa shape index (κ3) is 3.85. The number of methoxy groups -OCH3 is 3. The van der Waals surface area contributed by atoms with E-state index in [9.17, 15) is 9.59 Å². The molecule has 26 heavy (non-hydrogen) atoms. The van der Waals surface area contributed by atoms with Gasteiger partial charge in [-0.05, 0) is 12.1 Å². The highest BCUT2D eigenvalue weighted by Gasteiger charge is 2.29. The number of nitrogens with two attached hydrogens (primary N) is 1. The van der Waals surface area contributed by atoms with Crippen LogP contribution in [0.15, 0.2) is 12.1 Å². The van der Waals surface area contributed by atoms with Crippen LogP contribution in [0.3, 0.4) is 0 Å². The predicted octanol–water partition coefficient (Wildman–Crippen LogP) is 0.592. The molecule has 2 amide bonds. The minimum atomic E-state index is -0.205. The highest BCUT2D eigenvalue weighted by molar-refractivity contribution is 5.98. The average molecular weight is 365 g/mol. The van der Waals surface area contributed by atoms with Gasteiger partial charge >= 0.3 is 0 Å². The van der Waals surface area contributed by atoms with Gasteiger partial charge in [0.1, 0.15) is 0 Å². The van der Waals surface area contributed by atoms with Crippen LogP contribution in [0.2, 0.25) is 0 Å². The zero-order valence-corrected chi connectivity index (χ0v) is 15.8. The van der Waals surface area contributed by atoms with E-state index < -0.39 is 0 Å². The van der Waals surface area contributed by atoms with Crippen molar-refractivity contribution in [3.05, 3.63) is 17.7 Å². The van der Waals surface area contributed by atoms with Gasteiger partial charge in [0, 0.05) is 38.6 Å². The third-order valence-corrected chi connectivity index (χ3v) is 4.59. The Morgan fingerprint density at radius 3 is 2.08 bits per heavy atom.